The third-order valence-corrected chi connectivity index (χ3v) is 6.40. The van der Waals surface area contributed by atoms with Crippen molar-refractivity contribution >= 4 is 33.0 Å². The number of carbonyl (C=O) groups excluding carboxylic acids is 1. The molecule has 5 aromatic rings. The van der Waals surface area contributed by atoms with Crippen LogP contribution in [0.3, 0.4) is 0 Å². The highest BCUT2D eigenvalue weighted by atomic mass is 32.1. The molecule has 0 spiro atoms. The number of benzene rings is 2. The first-order valence-electron chi connectivity index (χ1n) is 10.0. The Morgan fingerprint density at radius 1 is 1.09 bits per heavy atom. The third kappa shape index (κ3) is 3.58. The van der Waals surface area contributed by atoms with Crippen molar-refractivity contribution in [1.82, 2.24) is 10.3 Å². The van der Waals surface area contributed by atoms with E-state index in [1.807, 2.05) is 43.3 Å². The minimum Gasteiger partial charge on any atom is -0.539 e. The molecule has 0 atom stereocenters. The summed E-state index contributed by atoms with van der Waals surface area (Å²) in [5, 5.41) is 16.8. The van der Waals surface area contributed by atoms with Gasteiger partial charge in [0.25, 0.3) is 5.78 Å². The Morgan fingerprint density at radius 2 is 1.82 bits per heavy atom. The van der Waals surface area contributed by atoms with Crippen molar-refractivity contribution in [2.24, 2.45) is 0 Å². The number of aromatic nitrogens is 3. The van der Waals surface area contributed by atoms with E-state index in [-0.39, 0.29) is 16.3 Å². The molecular formula is C24H18N4O4S. The van der Waals surface area contributed by atoms with E-state index in [1.165, 1.54) is 4.68 Å². The molecule has 2 N–H and O–H groups in total. The number of ketones is 1. The van der Waals surface area contributed by atoms with Gasteiger partial charge in [-0.2, -0.15) is 0 Å². The molecule has 0 unspecified atom stereocenters. The van der Waals surface area contributed by atoms with E-state index >= 15 is 0 Å². The van der Waals surface area contributed by atoms with E-state index in [0.29, 0.717) is 21.7 Å². The highest BCUT2D eigenvalue weighted by Crippen LogP contribution is 2.36. The molecule has 9 heteroatoms. The Labute approximate surface area is 192 Å². The number of ether oxygens (including phenoxy) is 1. The molecule has 3 heterocycles. The number of aryl methyl sites for hydroxylation is 1. The van der Waals surface area contributed by atoms with Gasteiger partial charge in [0.2, 0.25) is 5.69 Å². The number of nitrogen functional groups attached to an aromatic ring is 1. The summed E-state index contributed by atoms with van der Waals surface area (Å²) in [6, 6.07) is 18.4. The summed E-state index contributed by atoms with van der Waals surface area (Å²) < 4.78 is 11.1. The van der Waals surface area contributed by atoms with Gasteiger partial charge in [-0.25, -0.2) is 4.98 Å². The van der Waals surface area contributed by atoms with Gasteiger partial charge >= 0.3 is 5.69 Å². The maximum atomic E-state index is 13.4. The average Bonchev–Trinajstić information content (AvgIpc) is 3.38. The number of carbonyl (C=O) groups is 1. The number of thiophene rings is 1. The number of methoxy groups -OCH3 is 1. The fourth-order valence-corrected chi connectivity index (χ4v) is 4.53. The predicted molar refractivity (Wildman–Crippen MR) is 122 cm³/mol. The van der Waals surface area contributed by atoms with Crippen LogP contribution in [0.4, 0.5) is 5.69 Å². The zero-order chi connectivity index (χ0) is 23.1. The molecule has 164 valence electrons. The van der Waals surface area contributed by atoms with E-state index in [1.54, 1.807) is 31.4 Å². The molecule has 33 heavy (non-hydrogen) atoms. The maximum Gasteiger partial charge on any atom is 0.312 e. The molecule has 3 aromatic heterocycles. The molecule has 0 saturated heterocycles. The molecule has 0 amide bonds. The molecule has 0 aliphatic heterocycles. The first kappa shape index (κ1) is 20.7. The Balaban J connectivity index is 1.57. The van der Waals surface area contributed by atoms with Gasteiger partial charge in [-0.05, 0) is 35.9 Å². The summed E-state index contributed by atoms with van der Waals surface area (Å²) in [5.74, 6) is -0.794. The molecule has 0 aliphatic rings. The van der Waals surface area contributed by atoms with Gasteiger partial charge in [0.1, 0.15) is 15.5 Å². The summed E-state index contributed by atoms with van der Waals surface area (Å²) in [5.41, 5.74) is 9.69. The van der Waals surface area contributed by atoms with Gasteiger partial charge < -0.3 is 20.1 Å². The van der Waals surface area contributed by atoms with Crippen LogP contribution in [-0.2, 0) is 0 Å². The number of hydrogen-bond donors (Lipinski definition) is 1. The molecule has 0 radical (unpaired) electrons. The van der Waals surface area contributed by atoms with Crippen molar-refractivity contribution in [2.75, 3.05) is 12.8 Å². The lowest BCUT2D eigenvalue weighted by Gasteiger charge is -2.01. The first-order chi connectivity index (χ1) is 16.0. The molecule has 5 rings (SSSR count). The zero-order valence-corrected chi connectivity index (χ0v) is 18.6. The van der Waals surface area contributed by atoms with Crippen LogP contribution in [0.15, 0.2) is 65.2 Å². The number of hydrogen-bond acceptors (Lipinski definition) is 8. The molecule has 8 nitrogen and oxygen atoms in total. The number of anilines is 1. The van der Waals surface area contributed by atoms with Crippen molar-refractivity contribution in [1.29, 1.82) is 0 Å². The van der Waals surface area contributed by atoms with Crippen molar-refractivity contribution in [3.63, 3.8) is 0 Å². The second-order valence-electron chi connectivity index (χ2n) is 7.41. The van der Waals surface area contributed by atoms with Crippen LogP contribution in [0.25, 0.3) is 27.2 Å². The zero-order valence-electron chi connectivity index (χ0n) is 17.7. The Morgan fingerprint density at radius 3 is 2.52 bits per heavy atom. The first-order valence-corrected chi connectivity index (χ1v) is 10.8. The van der Waals surface area contributed by atoms with E-state index in [2.05, 4.69) is 5.27 Å². The largest absolute Gasteiger partial charge is 0.539 e. The lowest BCUT2D eigenvalue weighted by molar-refractivity contribution is -0.672. The standard InChI is InChI=1S/C24H18N4O4S/c1-13-3-5-14(6-4-13)18-12-11-17-19(25)22(33-23(17)26-18)21(29)20-24(30)32-27-28(20)15-7-9-16(31-2)10-8-15/h3-12H,1-2H3,(H2-,25,27,29,30). The van der Waals surface area contributed by atoms with Crippen LogP contribution < -0.4 is 20.3 Å². The minimum absolute atomic E-state index is 0.209. The highest BCUT2D eigenvalue weighted by molar-refractivity contribution is 7.21. The lowest BCUT2D eigenvalue weighted by Crippen LogP contribution is -2.39. The lowest BCUT2D eigenvalue weighted by atomic mass is 10.1. The number of fused-ring (bicyclic) bond motifs is 1. The smallest absolute Gasteiger partial charge is 0.312 e. The number of nitrogens with zero attached hydrogens (tertiary/aromatic N) is 3. The van der Waals surface area contributed by atoms with E-state index < -0.39 is 11.7 Å². The van der Waals surface area contributed by atoms with Crippen LogP contribution in [0.1, 0.15) is 20.9 Å². The molecule has 2 aromatic carbocycles. The fourth-order valence-electron chi connectivity index (χ4n) is 3.50. The van der Waals surface area contributed by atoms with E-state index in [4.69, 9.17) is 20.0 Å². The normalized spacial score (nSPS) is 11.1. The summed E-state index contributed by atoms with van der Waals surface area (Å²) in [7, 11) is 1.55. The molecule has 0 saturated carbocycles. The maximum absolute atomic E-state index is 13.4. The van der Waals surface area contributed by atoms with Crippen LogP contribution in [0, 0.1) is 6.92 Å². The monoisotopic (exact) mass is 458 g/mol. The summed E-state index contributed by atoms with van der Waals surface area (Å²) in [4.78, 5) is 18.9. The van der Waals surface area contributed by atoms with E-state index in [0.717, 1.165) is 28.2 Å². The SMILES string of the molecule is COc1ccc(-[n+]2noc([O-])c2C(=O)c2sc3nc(-c4ccc(C)cc4)ccc3c2N)cc1. The molecular weight excluding hydrogens is 440 g/mol. The van der Waals surface area contributed by atoms with Gasteiger partial charge in [0.05, 0.1) is 23.8 Å². The van der Waals surface area contributed by atoms with Crippen LogP contribution in [0.5, 0.6) is 11.7 Å². The van der Waals surface area contributed by atoms with Crippen LogP contribution in [0.2, 0.25) is 0 Å². The fraction of sp³-hybridized carbons (Fsp3) is 0.0833. The highest BCUT2D eigenvalue weighted by Gasteiger charge is 2.32. The van der Waals surface area contributed by atoms with Crippen molar-refractivity contribution < 1.29 is 23.8 Å². The minimum atomic E-state index is -0.846. The summed E-state index contributed by atoms with van der Waals surface area (Å²) >= 11 is 1.13. The van der Waals surface area contributed by atoms with Crippen molar-refractivity contribution in [3.05, 3.63) is 76.8 Å². The van der Waals surface area contributed by atoms with Gasteiger partial charge in [0.15, 0.2) is 5.95 Å². The molecule has 0 aliphatic carbocycles. The number of pyridine rings is 1. The van der Waals surface area contributed by atoms with Crippen molar-refractivity contribution in [3.8, 4) is 28.6 Å². The summed E-state index contributed by atoms with van der Waals surface area (Å²) in [6.45, 7) is 2.02. The third-order valence-electron chi connectivity index (χ3n) is 5.29. The second kappa shape index (κ2) is 8.03. The predicted octanol–water partition coefficient (Wildman–Crippen LogP) is 3.43. The second-order valence-corrected chi connectivity index (χ2v) is 8.41. The van der Waals surface area contributed by atoms with Crippen molar-refractivity contribution in [2.45, 2.75) is 6.92 Å². The number of rotatable bonds is 5. The van der Waals surface area contributed by atoms with Gasteiger partial charge in [-0.15, -0.1) is 11.3 Å². The molecule has 0 fully saturated rings. The van der Waals surface area contributed by atoms with Gasteiger partial charge in [-0.1, -0.05) is 29.8 Å². The van der Waals surface area contributed by atoms with Crippen LogP contribution in [-0.4, -0.2) is 23.1 Å². The molecule has 0 bridgehead atoms. The Kier molecular flexibility index (Phi) is 5.02. The Bertz CT molecular complexity index is 1490. The van der Waals surface area contributed by atoms with E-state index in [9.17, 15) is 9.90 Å². The topological polar surface area (TPSA) is 118 Å². The number of nitrogens with two attached hydrogens (primary N) is 1. The summed E-state index contributed by atoms with van der Waals surface area (Å²) in [6.07, 6.45) is 0. The Hall–Kier alpha value is -4.24. The average molecular weight is 458 g/mol. The quantitative estimate of drug-likeness (QED) is 0.317. The van der Waals surface area contributed by atoms with Gasteiger partial charge in [0, 0.05) is 23.1 Å². The van der Waals surface area contributed by atoms with Gasteiger partial charge in [-0.3, -0.25) is 4.79 Å². The van der Waals surface area contributed by atoms with Crippen LogP contribution >= 0.6 is 11.3 Å².